The largest absolute Gasteiger partial charge is 0.466 e. The fraction of sp³-hybridized carbons (Fsp3) is 0.829. The lowest BCUT2D eigenvalue weighted by Crippen LogP contribution is -2.20. The van der Waals surface area contributed by atoms with Crippen LogP contribution in [-0.4, -0.2) is 62.8 Å². The van der Waals surface area contributed by atoms with Gasteiger partial charge in [-0.1, -0.05) is 75.7 Å². The molecule has 0 aromatic rings. The van der Waals surface area contributed by atoms with Crippen LogP contribution in [0.25, 0.3) is 0 Å². The molecule has 0 aromatic carbocycles. The molecule has 7 nitrogen and oxygen atoms in total. The molecular formula is C41H75NO6. The smallest absolute Gasteiger partial charge is 0.306 e. The Bertz CT molecular complexity index is 757. The summed E-state index contributed by atoms with van der Waals surface area (Å²) >= 11 is 0. The van der Waals surface area contributed by atoms with Gasteiger partial charge in [-0.05, 0) is 131 Å². The summed E-state index contributed by atoms with van der Waals surface area (Å²) in [4.78, 5) is 37.3. The predicted octanol–water partition coefficient (Wildman–Crippen LogP) is 10.8. The summed E-state index contributed by atoms with van der Waals surface area (Å²) in [5.74, 6) is -0.185. The fourth-order valence-corrected chi connectivity index (χ4v) is 5.73. The Morgan fingerprint density at radius 2 is 0.833 bits per heavy atom. The average Bonchev–Trinajstić information content (AvgIpc) is 3.04. The highest BCUT2D eigenvalue weighted by Crippen LogP contribution is 2.18. The van der Waals surface area contributed by atoms with E-state index in [4.69, 9.17) is 14.2 Å². The van der Waals surface area contributed by atoms with Gasteiger partial charge in [0.05, 0.1) is 13.2 Å². The summed E-state index contributed by atoms with van der Waals surface area (Å²) in [6.45, 7) is 5.55. The molecule has 7 heteroatoms. The Morgan fingerprint density at radius 3 is 1.23 bits per heavy atom. The first-order chi connectivity index (χ1) is 23.4. The van der Waals surface area contributed by atoms with Crippen molar-refractivity contribution in [3.8, 4) is 0 Å². The zero-order valence-corrected chi connectivity index (χ0v) is 31.8. The van der Waals surface area contributed by atoms with Gasteiger partial charge >= 0.3 is 17.9 Å². The van der Waals surface area contributed by atoms with Crippen LogP contribution in [0.2, 0.25) is 0 Å². The van der Waals surface area contributed by atoms with E-state index >= 15 is 0 Å². The van der Waals surface area contributed by atoms with Crippen LogP contribution in [0.15, 0.2) is 24.3 Å². The first-order valence-electron chi connectivity index (χ1n) is 19.8. The number of hydrogen-bond acceptors (Lipinski definition) is 7. The molecule has 0 aliphatic carbocycles. The van der Waals surface area contributed by atoms with Gasteiger partial charge in [0, 0.05) is 19.3 Å². The molecular weight excluding hydrogens is 602 g/mol. The van der Waals surface area contributed by atoms with Crippen molar-refractivity contribution in [1.82, 2.24) is 4.90 Å². The van der Waals surface area contributed by atoms with E-state index in [1.165, 1.54) is 64.2 Å². The molecule has 0 aromatic heterocycles. The molecule has 0 aliphatic heterocycles. The van der Waals surface area contributed by atoms with E-state index in [0.29, 0.717) is 32.5 Å². The van der Waals surface area contributed by atoms with Crippen LogP contribution in [0.5, 0.6) is 0 Å². The summed E-state index contributed by atoms with van der Waals surface area (Å²) in [6, 6.07) is 0. The Kier molecular flexibility index (Phi) is 34.5. The molecule has 0 fully saturated rings. The molecule has 0 spiro atoms. The predicted molar refractivity (Wildman–Crippen MR) is 200 cm³/mol. The topological polar surface area (TPSA) is 82.1 Å². The molecule has 0 unspecified atom stereocenters. The van der Waals surface area contributed by atoms with Crippen LogP contribution in [0.4, 0.5) is 0 Å². The second kappa shape index (κ2) is 36.1. The number of nitrogens with zero attached hydrogens (tertiary/aromatic N) is 1. The third-order valence-electron chi connectivity index (χ3n) is 8.53. The standard InChI is InChI=1S/C41H75NO6/c1-5-46-39(43)34-29-25-21-17-13-9-7-11-15-19-23-27-32-38(48-41(45)36-31-37-42(3)4)33-28-24-20-16-12-8-10-14-18-22-26-30-35-40(44)47-6-2/h13-14,17-18,38H,5-12,15-16,19-37H2,1-4H3. The number of ether oxygens (including phenoxy) is 3. The molecule has 280 valence electrons. The quantitative estimate of drug-likeness (QED) is 0.0286. The first kappa shape index (κ1) is 45.9. The highest BCUT2D eigenvalue weighted by molar-refractivity contribution is 5.70. The van der Waals surface area contributed by atoms with Crippen molar-refractivity contribution in [2.24, 2.45) is 0 Å². The molecule has 0 N–H and O–H groups in total. The van der Waals surface area contributed by atoms with Gasteiger partial charge in [0.1, 0.15) is 6.10 Å². The van der Waals surface area contributed by atoms with Crippen molar-refractivity contribution < 1.29 is 28.6 Å². The molecule has 0 radical (unpaired) electrons. The van der Waals surface area contributed by atoms with E-state index in [2.05, 4.69) is 29.2 Å². The van der Waals surface area contributed by atoms with Crippen LogP contribution in [-0.2, 0) is 28.6 Å². The third-order valence-corrected chi connectivity index (χ3v) is 8.53. The maximum Gasteiger partial charge on any atom is 0.306 e. The van der Waals surface area contributed by atoms with Crippen LogP contribution < -0.4 is 0 Å². The monoisotopic (exact) mass is 678 g/mol. The zero-order valence-electron chi connectivity index (χ0n) is 31.8. The zero-order chi connectivity index (χ0) is 35.3. The van der Waals surface area contributed by atoms with E-state index in [-0.39, 0.29) is 24.0 Å². The Hall–Kier alpha value is -2.15. The number of esters is 3. The lowest BCUT2D eigenvalue weighted by molar-refractivity contribution is -0.150. The normalized spacial score (nSPS) is 12.3. The second-order valence-electron chi connectivity index (χ2n) is 13.5. The SMILES string of the molecule is CCOC(=O)CCCCC=CCCCCCCCCC(CCCCCCCCC=CCCCCC(=O)OCC)OC(=O)CCCN(C)C. The van der Waals surface area contributed by atoms with Gasteiger partial charge in [-0.15, -0.1) is 0 Å². The van der Waals surface area contributed by atoms with E-state index in [1.807, 2.05) is 27.9 Å². The maximum atomic E-state index is 12.5. The van der Waals surface area contributed by atoms with E-state index in [0.717, 1.165) is 90.0 Å². The number of hydrogen-bond donors (Lipinski definition) is 0. The number of carbonyl (C=O) groups excluding carboxylic acids is 3. The van der Waals surface area contributed by atoms with Crippen molar-refractivity contribution in [2.45, 2.75) is 187 Å². The molecule has 0 bridgehead atoms. The van der Waals surface area contributed by atoms with Gasteiger partial charge in [0.2, 0.25) is 0 Å². The van der Waals surface area contributed by atoms with E-state index in [9.17, 15) is 14.4 Å². The van der Waals surface area contributed by atoms with Crippen molar-refractivity contribution in [3.63, 3.8) is 0 Å². The number of allylic oxidation sites excluding steroid dienone is 4. The second-order valence-corrected chi connectivity index (χ2v) is 13.5. The molecule has 0 atom stereocenters. The minimum atomic E-state index is -0.0792. The fourth-order valence-electron chi connectivity index (χ4n) is 5.73. The highest BCUT2D eigenvalue weighted by Gasteiger charge is 2.14. The Labute approximate surface area is 296 Å². The van der Waals surface area contributed by atoms with Gasteiger partial charge < -0.3 is 19.1 Å². The number of carbonyl (C=O) groups is 3. The maximum absolute atomic E-state index is 12.5. The lowest BCUT2D eigenvalue weighted by Gasteiger charge is -2.18. The van der Waals surface area contributed by atoms with Crippen molar-refractivity contribution in [2.75, 3.05) is 33.9 Å². The summed E-state index contributed by atoms with van der Waals surface area (Å²) in [6.07, 6.45) is 36.7. The minimum absolute atomic E-state index is 0.0269. The van der Waals surface area contributed by atoms with Crippen LogP contribution >= 0.6 is 0 Å². The van der Waals surface area contributed by atoms with Gasteiger partial charge in [-0.25, -0.2) is 0 Å². The lowest BCUT2D eigenvalue weighted by atomic mass is 10.0. The summed E-state index contributed by atoms with van der Waals surface area (Å²) in [7, 11) is 4.08. The highest BCUT2D eigenvalue weighted by atomic mass is 16.5. The van der Waals surface area contributed by atoms with Gasteiger partial charge in [-0.2, -0.15) is 0 Å². The number of unbranched alkanes of at least 4 members (excludes halogenated alkanes) is 16. The molecule has 0 heterocycles. The molecule has 0 rings (SSSR count). The first-order valence-corrected chi connectivity index (χ1v) is 19.8. The molecule has 0 saturated heterocycles. The van der Waals surface area contributed by atoms with Gasteiger partial charge in [0.25, 0.3) is 0 Å². The number of rotatable bonds is 35. The Balaban J connectivity index is 4.00. The molecule has 0 amide bonds. The van der Waals surface area contributed by atoms with Gasteiger partial charge in [-0.3, -0.25) is 14.4 Å². The summed E-state index contributed by atoms with van der Waals surface area (Å²) in [5, 5.41) is 0. The molecule has 0 saturated carbocycles. The van der Waals surface area contributed by atoms with Crippen molar-refractivity contribution >= 4 is 17.9 Å². The molecule has 48 heavy (non-hydrogen) atoms. The van der Waals surface area contributed by atoms with Crippen molar-refractivity contribution in [3.05, 3.63) is 24.3 Å². The van der Waals surface area contributed by atoms with E-state index < -0.39 is 0 Å². The average molecular weight is 678 g/mol. The molecule has 0 aliphatic rings. The van der Waals surface area contributed by atoms with Crippen molar-refractivity contribution in [1.29, 1.82) is 0 Å². The Morgan fingerprint density at radius 1 is 0.479 bits per heavy atom. The van der Waals surface area contributed by atoms with Crippen LogP contribution in [0, 0.1) is 0 Å². The van der Waals surface area contributed by atoms with Crippen LogP contribution in [0.1, 0.15) is 181 Å². The summed E-state index contributed by atoms with van der Waals surface area (Å²) < 4.78 is 15.9. The van der Waals surface area contributed by atoms with Gasteiger partial charge in [0.15, 0.2) is 0 Å². The van der Waals surface area contributed by atoms with Crippen LogP contribution in [0.3, 0.4) is 0 Å². The minimum Gasteiger partial charge on any atom is -0.466 e. The third kappa shape index (κ3) is 35.2. The summed E-state index contributed by atoms with van der Waals surface area (Å²) in [5.41, 5.74) is 0. The van der Waals surface area contributed by atoms with E-state index in [1.54, 1.807) is 0 Å².